The Labute approximate surface area is 149 Å². The Balaban J connectivity index is 2.09. The van der Waals surface area contributed by atoms with Crippen molar-refractivity contribution in [2.75, 3.05) is 7.11 Å². The van der Waals surface area contributed by atoms with Gasteiger partial charge in [0.25, 0.3) is 0 Å². The third-order valence-electron chi connectivity index (χ3n) is 4.09. The van der Waals surface area contributed by atoms with Gasteiger partial charge in [-0.2, -0.15) is 8.75 Å². The van der Waals surface area contributed by atoms with E-state index in [9.17, 15) is 4.79 Å². The topological polar surface area (TPSA) is 52.1 Å². The number of carbonyl (C=O) groups is 1. The molecule has 4 nitrogen and oxygen atoms in total. The highest BCUT2D eigenvalue weighted by molar-refractivity contribution is 7.00. The van der Waals surface area contributed by atoms with Crippen molar-refractivity contribution in [1.82, 2.24) is 8.75 Å². The summed E-state index contributed by atoms with van der Waals surface area (Å²) >= 11 is 1.15. The van der Waals surface area contributed by atoms with E-state index in [-0.39, 0.29) is 5.97 Å². The lowest BCUT2D eigenvalue weighted by Crippen LogP contribution is -2.05. The average molecular weight is 346 g/mol. The largest absolute Gasteiger partial charge is 0.465 e. The Morgan fingerprint density at radius 1 is 0.880 bits per heavy atom. The van der Waals surface area contributed by atoms with Crippen molar-refractivity contribution < 1.29 is 9.53 Å². The zero-order chi connectivity index (χ0) is 17.2. The van der Waals surface area contributed by atoms with Gasteiger partial charge in [0.05, 0.1) is 24.4 Å². The Bertz CT molecular complexity index is 1040. The predicted molar refractivity (Wildman–Crippen MR) is 99.6 cm³/mol. The summed E-state index contributed by atoms with van der Waals surface area (Å²) in [4.78, 5) is 12.5. The smallest absolute Gasteiger partial charge is 0.338 e. The van der Waals surface area contributed by atoms with Gasteiger partial charge in [-0.25, -0.2) is 4.79 Å². The monoisotopic (exact) mass is 346 g/mol. The molecule has 0 saturated heterocycles. The molecule has 0 aliphatic carbocycles. The molecule has 25 heavy (non-hydrogen) atoms. The Hall–Kier alpha value is -3.05. The molecule has 0 radical (unpaired) electrons. The molecule has 0 N–H and O–H groups in total. The van der Waals surface area contributed by atoms with Gasteiger partial charge in [0.2, 0.25) is 0 Å². The molecule has 4 rings (SSSR count). The molecule has 4 aromatic rings. The number of hydrogen-bond acceptors (Lipinski definition) is 5. The lowest BCUT2D eigenvalue weighted by atomic mass is 9.93. The highest BCUT2D eigenvalue weighted by atomic mass is 32.1. The van der Waals surface area contributed by atoms with E-state index < -0.39 is 0 Å². The van der Waals surface area contributed by atoms with E-state index in [4.69, 9.17) is 4.74 Å². The molecule has 0 atom stereocenters. The molecule has 5 heteroatoms. The maximum absolute atomic E-state index is 12.5. The number of esters is 1. The van der Waals surface area contributed by atoms with Crippen molar-refractivity contribution in [2.24, 2.45) is 0 Å². The van der Waals surface area contributed by atoms with Crippen LogP contribution in [0.4, 0.5) is 0 Å². The minimum Gasteiger partial charge on any atom is -0.465 e. The summed E-state index contributed by atoms with van der Waals surface area (Å²) in [6, 6.07) is 21.5. The van der Waals surface area contributed by atoms with E-state index in [0.29, 0.717) is 5.56 Å². The SMILES string of the molecule is COC(=O)c1cc(-c2ccccc2)c2nsnc2c1-c1ccccc1. The van der Waals surface area contributed by atoms with Crippen LogP contribution in [0.5, 0.6) is 0 Å². The third kappa shape index (κ3) is 2.68. The number of methoxy groups -OCH3 is 1. The minimum atomic E-state index is -0.383. The highest BCUT2D eigenvalue weighted by Crippen LogP contribution is 2.37. The van der Waals surface area contributed by atoms with Gasteiger partial charge in [-0.3, -0.25) is 0 Å². The van der Waals surface area contributed by atoms with Crippen molar-refractivity contribution in [3.8, 4) is 22.3 Å². The van der Waals surface area contributed by atoms with Crippen molar-refractivity contribution in [3.05, 3.63) is 72.3 Å². The first-order chi connectivity index (χ1) is 12.3. The molecular weight excluding hydrogens is 332 g/mol. The van der Waals surface area contributed by atoms with Crippen LogP contribution in [0.15, 0.2) is 66.7 Å². The van der Waals surface area contributed by atoms with E-state index in [1.807, 2.05) is 66.7 Å². The van der Waals surface area contributed by atoms with E-state index in [1.165, 1.54) is 7.11 Å². The number of hydrogen-bond donors (Lipinski definition) is 0. The third-order valence-corrected chi connectivity index (χ3v) is 4.62. The van der Waals surface area contributed by atoms with Gasteiger partial charge < -0.3 is 4.74 Å². The summed E-state index contributed by atoms with van der Waals surface area (Å²) in [5, 5.41) is 0. The average Bonchev–Trinajstić information content (AvgIpc) is 3.17. The first kappa shape index (κ1) is 15.5. The fourth-order valence-corrected chi connectivity index (χ4v) is 3.51. The first-order valence-electron chi connectivity index (χ1n) is 7.78. The molecule has 0 aliphatic heterocycles. The normalized spacial score (nSPS) is 10.8. The molecule has 0 unspecified atom stereocenters. The number of nitrogens with zero attached hydrogens (tertiary/aromatic N) is 2. The van der Waals surface area contributed by atoms with Crippen LogP contribution in [0.2, 0.25) is 0 Å². The summed E-state index contributed by atoms with van der Waals surface area (Å²) < 4.78 is 14.0. The van der Waals surface area contributed by atoms with Crippen molar-refractivity contribution >= 4 is 28.7 Å². The number of aromatic nitrogens is 2. The second-order valence-electron chi connectivity index (χ2n) is 5.53. The van der Waals surface area contributed by atoms with Crippen LogP contribution in [-0.4, -0.2) is 21.8 Å². The molecule has 0 saturated carbocycles. The lowest BCUT2D eigenvalue weighted by molar-refractivity contribution is 0.0602. The highest BCUT2D eigenvalue weighted by Gasteiger charge is 2.22. The predicted octanol–water partition coefficient (Wildman–Crippen LogP) is 4.81. The van der Waals surface area contributed by atoms with Crippen LogP contribution in [0.1, 0.15) is 10.4 Å². The van der Waals surface area contributed by atoms with Gasteiger partial charge in [0, 0.05) is 11.1 Å². The fraction of sp³-hybridized carbons (Fsp3) is 0.0500. The van der Waals surface area contributed by atoms with Crippen molar-refractivity contribution in [2.45, 2.75) is 0 Å². The van der Waals surface area contributed by atoms with Gasteiger partial charge in [-0.1, -0.05) is 60.7 Å². The summed E-state index contributed by atoms with van der Waals surface area (Å²) in [6.07, 6.45) is 0. The lowest BCUT2D eigenvalue weighted by Gasteiger charge is -2.12. The molecule has 3 aromatic carbocycles. The fourth-order valence-electron chi connectivity index (χ4n) is 2.95. The Kier molecular flexibility index (Phi) is 3.99. The van der Waals surface area contributed by atoms with Crippen LogP contribution < -0.4 is 0 Å². The van der Waals surface area contributed by atoms with Gasteiger partial charge in [0.15, 0.2) is 0 Å². The molecule has 0 amide bonds. The number of ether oxygens (including phenoxy) is 1. The van der Waals surface area contributed by atoms with Crippen molar-refractivity contribution in [1.29, 1.82) is 0 Å². The second-order valence-corrected chi connectivity index (χ2v) is 6.06. The van der Waals surface area contributed by atoms with Gasteiger partial charge in [0.1, 0.15) is 11.0 Å². The Morgan fingerprint density at radius 3 is 2.12 bits per heavy atom. The molecule has 1 heterocycles. The maximum atomic E-state index is 12.5. The molecular formula is C20H14N2O2S. The van der Waals surface area contributed by atoms with E-state index in [1.54, 1.807) is 0 Å². The number of carbonyl (C=O) groups excluding carboxylic acids is 1. The maximum Gasteiger partial charge on any atom is 0.338 e. The van der Waals surface area contributed by atoms with Crippen LogP contribution in [-0.2, 0) is 4.74 Å². The Morgan fingerprint density at radius 2 is 1.48 bits per heavy atom. The van der Waals surface area contributed by atoms with E-state index in [0.717, 1.165) is 45.0 Å². The van der Waals surface area contributed by atoms with Crippen LogP contribution in [0, 0.1) is 0 Å². The molecule has 0 aliphatic rings. The standard InChI is InChI=1S/C20H14N2O2S/c1-24-20(23)16-12-15(13-8-4-2-5-9-13)18-19(22-25-21-18)17(16)14-10-6-3-7-11-14/h2-12H,1H3. The molecule has 0 bridgehead atoms. The summed E-state index contributed by atoms with van der Waals surface area (Å²) in [5.41, 5.74) is 5.55. The van der Waals surface area contributed by atoms with Gasteiger partial charge in [-0.05, 0) is 17.2 Å². The number of fused-ring (bicyclic) bond motifs is 1. The summed E-state index contributed by atoms with van der Waals surface area (Å²) in [6.45, 7) is 0. The summed E-state index contributed by atoms with van der Waals surface area (Å²) in [7, 11) is 1.39. The molecule has 122 valence electrons. The van der Waals surface area contributed by atoms with Gasteiger partial charge in [-0.15, -0.1) is 0 Å². The van der Waals surface area contributed by atoms with E-state index >= 15 is 0 Å². The summed E-state index contributed by atoms with van der Waals surface area (Å²) in [5.74, 6) is -0.383. The van der Waals surface area contributed by atoms with Crippen LogP contribution in [0.3, 0.4) is 0 Å². The van der Waals surface area contributed by atoms with E-state index in [2.05, 4.69) is 8.75 Å². The quantitative estimate of drug-likeness (QED) is 0.499. The first-order valence-corrected chi connectivity index (χ1v) is 8.51. The molecule has 0 spiro atoms. The van der Waals surface area contributed by atoms with Crippen LogP contribution >= 0.6 is 11.7 Å². The zero-order valence-corrected chi connectivity index (χ0v) is 14.3. The second kappa shape index (κ2) is 6.45. The minimum absolute atomic E-state index is 0.383. The van der Waals surface area contributed by atoms with Gasteiger partial charge >= 0.3 is 5.97 Å². The molecule has 1 aromatic heterocycles. The number of benzene rings is 3. The van der Waals surface area contributed by atoms with Crippen molar-refractivity contribution in [3.63, 3.8) is 0 Å². The van der Waals surface area contributed by atoms with Crippen LogP contribution in [0.25, 0.3) is 33.3 Å². The molecule has 0 fully saturated rings. The number of rotatable bonds is 3. The zero-order valence-electron chi connectivity index (χ0n) is 13.5.